The second kappa shape index (κ2) is 2.90. The predicted octanol–water partition coefficient (Wildman–Crippen LogP) is 0.650. The number of carbonyl (C=O) groups is 1. The Balaban J connectivity index is 2.43. The van der Waals surface area contributed by atoms with E-state index >= 15 is 0 Å². The molecule has 2 rings (SSSR count). The van der Waals surface area contributed by atoms with Crippen molar-refractivity contribution in [1.82, 2.24) is 0 Å². The van der Waals surface area contributed by atoms with Gasteiger partial charge in [0.1, 0.15) is 0 Å². The Morgan fingerprint density at radius 1 is 1.21 bits per heavy atom. The number of carboxylic acid groups (broad SMARTS) is 1. The Bertz CT molecular complexity index is 370. The zero-order chi connectivity index (χ0) is 10.3. The highest BCUT2D eigenvalue weighted by atomic mass is 16.4. The van der Waals surface area contributed by atoms with Crippen LogP contribution in [0.1, 0.15) is 11.1 Å². The topological polar surface area (TPSA) is 89.3 Å². The van der Waals surface area contributed by atoms with Gasteiger partial charge in [0, 0.05) is 11.4 Å². The lowest BCUT2D eigenvalue weighted by atomic mass is 10.1. The zero-order valence-electron chi connectivity index (χ0n) is 7.66. The molecule has 1 aromatic rings. The summed E-state index contributed by atoms with van der Waals surface area (Å²) in [5.41, 5.74) is 14.6. The number of nitrogen functional groups attached to an aromatic ring is 2. The third-order valence-electron chi connectivity index (χ3n) is 2.75. The maximum Gasteiger partial charge on any atom is 0.307 e. The van der Waals surface area contributed by atoms with E-state index in [-0.39, 0.29) is 5.92 Å². The smallest absolute Gasteiger partial charge is 0.307 e. The second-order valence-corrected chi connectivity index (χ2v) is 3.64. The van der Waals surface area contributed by atoms with Crippen LogP contribution < -0.4 is 11.5 Å². The molecule has 0 atom stereocenters. The van der Waals surface area contributed by atoms with Gasteiger partial charge in [-0.25, -0.2) is 0 Å². The molecule has 0 spiro atoms. The molecule has 1 aliphatic rings. The highest BCUT2D eigenvalue weighted by molar-refractivity contribution is 5.75. The maximum absolute atomic E-state index is 10.8. The van der Waals surface area contributed by atoms with E-state index in [2.05, 4.69) is 0 Å². The number of hydrogen-bond acceptors (Lipinski definition) is 3. The minimum Gasteiger partial charge on any atom is -0.481 e. The van der Waals surface area contributed by atoms with Gasteiger partial charge in [-0.1, -0.05) is 0 Å². The van der Waals surface area contributed by atoms with Crippen molar-refractivity contribution in [3.63, 3.8) is 0 Å². The first-order valence-corrected chi connectivity index (χ1v) is 4.48. The SMILES string of the molecule is Nc1ccc(N)c2c1CC(C(=O)O)C2. The summed E-state index contributed by atoms with van der Waals surface area (Å²) in [6.07, 6.45) is 1.00. The third kappa shape index (κ3) is 1.19. The molecule has 0 bridgehead atoms. The standard InChI is InChI=1S/C10H12N2O2/c11-8-1-2-9(12)7-4-5(10(13)14)3-6(7)8/h1-2,5H,3-4,11-12H2,(H,13,14). The first-order valence-electron chi connectivity index (χ1n) is 4.48. The van der Waals surface area contributed by atoms with Crippen LogP contribution in [-0.2, 0) is 17.6 Å². The van der Waals surface area contributed by atoms with Crippen molar-refractivity contribution in [2.45, 2.75) is 12.8 Å². The van der Waals surface area contributed by atoms with Gasteiger partial charge in [-0.15, -0.1) is 0 Å². The van der Waals surface area contributed by atoms with Crippen molar-refractivity contribution in [2.75, 3.05) is 11.5 Å². The molecule has 5 N–H and O–H groups in total. The Kier molecular flexibility index (Phi) is 1.84. The number of fused-ring (bicyclic) bond motifs is 1. The summed E-state index contributed by atoms with van der Waals surface area (Å²) in [7, 11) is 0. The van der Waals surface area contributed by atoms with Crippen molar-refractivity contribution in [3.05, 3.63) is 23.3 Å². The summed E-state index contributed by atoms with van der Waals surface area (Å²) < 4.78 is 0. The summed E-state index contributed by atoms with van der Waals surface area (Å²) in [6.45, 7) is 0. The van der Waals surface area contributed by atoms with Gasteiger partial charge in [0.05, 0.1) is 5.92 Å². The molecular formula is C10H12N2O2. The molecular weight excluding hydrogens is 180 g/mol. The molecule has 14 heavy (non-hydrogen) atoms. The average molecular weight is 192 g/mol. The molecule has 1 aromatic carbocycles. The lowest BCUT2D eigenvalue weighted by Crippen LogP contribution is -2.13. The fraction of sp³-hybridized carbons (Fsp3) is 0.300. The van der Waals surface area contributed by atoms with E-state index in [4.69, 9.17) is 16.6 Å². The highest BCUT2D eigenvalue weighted by Crippen LogP contribution is 2.34. The molecule has 4 heteroatoms. The molecule has 0 aliphatic heterocycles. The fourth-order valence-electron chi connectivity index (χ4n) is 1.95. The van der Waals surface area contributed by atoms with Gasteiger partial charge in [0.2, 0.25) is 0 Å². The van der Waals surface area contributed by atoms with E-state index in [9.17, 15) is 4.79 Å². The van der Waals surface area contributed by atoms with Crippen molar-refractivity contribution < 1.29 is 9.90 Å². The Labute approximate surface area is 81.5 Å². The Morgan fingerprint density at radius 2 is 1.64 bits per heavy atom. The summed E-state index contributed by atoms with van der Waals surface area (Å²) in [6, 6.07) is 3.47. The number of hydrogen-bond donors (Lipinski definition) is 3. The molecule has 0 saturated heterocycles. The molecule has 0 radical (unpaired) electrons. The quantitative estimate of drug-likeness (QED) is 0.570. The average Bonchev–Trinajstić information content (AvgIpc) is 2.57. The second-order valence-electron chi connectivity index (χ2n) is 3.64. The first kappa shape index (κ1) is 8.87. The van der Waals surface area contributed by atoms with Crippen LogP contribution in [0.25, 0.3) is 0 Å². The van der Waals surface area contributed by atoms with Gasteiger partial charge < -0.3 is 16.6 Å². The number of nitrogens with two attached hydrogens (primary N) is 2. The fourth-order valence-corrected chi connectivity index (χ4v) is 1.95. The Hall–Kier alpha value is -1.71. The van der Waals surface area contributed by atoms with E-state index in [1.165, 1.54) is 0 Å². The lowest BCUT2D eigenvalue weighted by molar-refractivity contribution is -0.141. The van der Waals surface area contributed by atoms with Gasteiger partial charge in [0.25, 0.3) is 0 Å². The predicted molar refractivity (Wildman–Crippen MR) is 53.8 cm³/mol. The van der Waals surface area contributed by atoms with Gasteiger partial charge in [0.15, 0.2) is 0 Å². The summed E-state index contributed by atoms with van der Waals surface area (Å²) in [5, 5.41) is 8.89. The van der Waals surface area contributed by atoms with Gasteiger partial charge in [-0.2, -0.15) is 0 Å². The van der Waals surface area contributed by atoms with Crippen molar-refractivity contribution in [1.29, 1.82) is 0 Å². The highest BCUT2D eigenvalue weighted by Gasteiger charge is 2.29. The van der Waals surface area contributed by atoms with Crippen LogP contribution in [-0.4, -0.2) is 11.1 Å². The van der Waals surface area contributed by atoms with Gasteiger partial charge in [-0.05, 0) is 36.1 Å². The maximum atomic E-state index is 10.8. The molecule has 1 aliphatic carbocycles. The molecule has 0 amide bonds. The van der Waals surface area contributed by atoms with Crippen LogP contribution in [0.15, 0.2) is 12.1 Å². The normalized spacial score (nSPS) is 15.4. The minimum atomic E-state index is -0.778. The zero-order valence-corrected chi connectivity index (χ0v) is 7.66. The van der Waals surface area contributed by atoms with E-state index in [0.29, 0.717) is 24.2 Å². The molecule has 0 heterocycles. The lowest BCUT2D eigenvalue weighted by Gasteiger charge is -2.05. The van der Waals surface area contributed by atoms with Crippen LogP contribution in [0.5, 0.6) is 0 Å². The number of rotatable bonds is 1. The number of aliphatic carboxylic acids is 1. The van der Waals surface area contributed by atoms with E-state index in [0.717, 1.165) is 11.1 Å². The van der Waals surface area contributed by atoms with Gasteiger partial charge in [-0.3, -0.25) is 4.79 Å². The third-order valence-corrected chi connectivity index (χ3v) is 2.75. The molecule has 0 saturated carbocycles. The van der Waals surface area contributed by atoms with E-state index in [1.807, 2.05) is 0 Å². The number of carboxylic acids is 1. The number of anilines is 2. The summed E-state index contributed by atoms with van der Waals surface area (Å²) >= 11 is 0. The molecule has 0 fully saturated rings. The van der Waals surface area contributed by atoms with Crippen LogP contribution in [0.2, 0.25) is 0 Å². The van der Waals surface area contributed by atoms with Crippen LogP contribution >= 0.6 is 0 Å². The molecule has 0 unspecified atom stereocenters. The van der Waals surface area contributed by atoms with Crippen molar-refractivity contribution in [2.24, 2.45) is 5.92 Å². The van der Waals surface area contributed by atoms with E-state index < -0.39 is 5.97 Å². The summed E-state index contributed by atoms with van der Waals surface area (Å²) in [5.74, 6) is -1.14. The van der Waals surface area contributed by atoms with Crippen LogP contribution in [0.3, 0.4) is 0 Å². The largest absolute Gasteiger partial charge is 0.481 e. The van der Waals surface area contributed by atoms with Gasteiger partial charge >= 0.3 is 5.97 Å². The molecule has 0 aromatic heterocycles. The Morgan fingerprint density at radius 3 is 2.00 bits per heavy atom. The number of benzene rings is 1. The molecule has 4 nitrogen and oxygen atoms in total. The summed E-state index contributed by atoms with van der Waals surface area (Å²) in [4.78, 5) is 10.8. The monoisotopic (exact) mass is 192 g/mol. The minimum absolute atomic E-state index is 0.364. The van der Waals surface area contributed by atoms with Crippen LogP contribution in [0.4, 0.5) is 11.4 Å². The first-order chi connectivity index (χ1) is 6.59. The van der Waals surface area contributed by atoms with Crippen molar-refractivity contribution >= 4 is 17.3 Å². The van der Waals surface area contributed by atoms with E-state index in [1.54, 1.807) is 12.1 Å². The molecule has 74 valence electrons. The van der Waals surface area contributed by atoms with Crippen molar-refractivity contribution in [3.8, 4) is 0 Å². The van der Waals surface area contributed by atoms with Crippen LogP contribution in [0, 0.1) is 5.92 Å².